The maximum atomic E-state index is 6.06. The highest BCUT2D eigenvalue weighted by atomic mass is 16.4. The quantitative estimate of drug-likeness (QED) is 0.758. The zero-order chi connectivity index (χ0) is 16.5. The van der Waals surface area contributed by atoms with Gasteiger partial charge < -0.3 is 4.42 Å². The second-order valence-corrected chi connectivity index (χ2v) is 7.52. The Balaban J connectivity index is 1.35. The van der Waals surface area contributed by atoms with Crippen LogP contribution in [0.25, 0.3) is 0 Å². The van der Waals surface area contributed by atoms with E-state index >= 15 is 0 Å². The number of azo groups is 1. The smallest absolute Gasteiger partial charge is 0.425 e. The Bertz CT molecular complexity index is 662. The van der Waals surface area contributed by atoms with Crippen molar-refractivity contribution >= 4 is 5.91 Å². The van der Waals surface area contributed by atoms with Crippen LogP contribution in [0.1, 0.15) is 81.9 Å². The van der Waals surface area contributed by atoms with Crippen LogP contribution in [-0.4, -0.2) is 16.1 Å². The first-order valence-corrected chi connectivity index (χ1v) is 9.17. The average Bonchev–Trinajstić information content (AvgIpc) is 3.25. The largest absolute Gasteiger partial charge is 0.466 e. The molecule has 1 aromatic heterocycles. The first kappa shape index (κ1) is 15.7. The van der Waals surface area contributed by atoms with Crippen molar-refractivity contribution in [3.05, 3.63) is 24.2 Å². The Morgan fingerprint density at radius 2 is 1.38 bits per heavy atom. The zero-order valence-electron chi connectivity index (χ0n) is 14.3. The molecule has 6 nitrogen and oxygen atoms in total. The van der Waals surface area contributed by atoms with Gasteiger partial charge in [0.2, 0.25) is 11.8 Å². The molecule has 1 aliphatic heterocycles. The lowest BCUT2D eigenvalue weighted by Crippen LogP contribution is -2.20. The van der Waals surface area contributed by atoms with Crippen molar-refractivity contribution in [3.63, 3.8) is 0 Å². The maximum Gasteiger partial charge on any atom is 0.466 e. The van der Waals surface area contributed by atoms with Crippen LogP contribution >= 0.6 is 0 Å². The van der Waals surface area contributed by atoms with E-state index in [4.69, 9.17) is 8.84 Å². The number of aromatic nitrogens is 2. The molecule has 0 bridgehead atoms. The van der Waals surface area contributed by atoms with Gasteiger partial charge in [0, 0.05) is 18.4 Å². The molecule has 0 aromatic carbocycles. The van der Waals surface area contributed by atoms with Crippen molar-refractivity contribution in [1.29, 1.82) is 0 Å². The van der Waals surface area contributed by atoms with Gasteiger partial charge >= 0.3 is 11.8 Å². The fourth-order valence-corrected chi connectivity index (χ4v) is 4.10. The fourth-order valence-electron chi connectivity index (χ4n) is 4.10. The van der Waals surface area contributed by atoms with Gasteiger partial charge in [0.25, 0.3) is 0 Å². The Hall–Kier alpha value is -1.85. The first-order chi connectivity index (χ1) is 11.7. The average molecular weight is 329 g/mol. The Labute approximate surface area is 142 Å². The van der Waals surface area contributed by atoms with Crippen LogP contribution in [0, 0.1) is 11.8 Å². The second kappa shape index (κ2) is 6.57. The van der Waals surface area contributed by atoms with E-state index in [-0.39, 0.29) is 0 Å². The molecular weight excluding hydrogens is 304 g/mol. The molecule has 1 aromatic rings. The van der Waals surface area contributed by atoms with E-state index in [2.05, 4.69) is 33.9 Å². The summed E-state index contributed by atoms with van der Waals surface area (Å²) in [5.41, 5.74) is 0. The van der Waals surface area contributed by atoms with E-state index < -0.39 is 0 Å². The minimum Gasteiger partial charge on any atom is -0.425 e. The fraction of sp³-hybridized carbons (Fsp3) is 0.722. The van der Waals surface area contributed by atoms with Gasteiger partial charge in [-0.1, -0.05) is 6.92 Å². The lowest BCUT2D eigenvalue weighted by Gasteiger charge is -2.23. The van der Waals surface area contributed by atoms with Crippen molar-refractivity contribution in [3.8, 4) is 0 Å². The third kappa shape index (κ3) is 3.19. The van der Waals surface area contributed by atoms with E-state index in [1.165, 1.54) is 25.7 Å². The Morgan fingerprint density at radius 3 is 1.92 bits per heavy atom. The molecule has 2 fully saturated rings. The van der Waals surface area contributed by atoms with Gasteiger partial charge in [-0.2, -0.15) is 4.42 Å². The number of amides is 1. The van der Waals surface area contributed by atoms with Crippen LogP contribution in [0.4, 0.5) is 0 Å². The van der Waals surface area contributed by atoms with E-state index in [1.54, 1.807) is 0 Å². The third-order valence-electron chi connectivity index (χ3n) is 5.73. The number of hydrogen-bond donors (Lipinski definition) is 0. The summed E-state index contributed by atoms with van der Waals surface area (Å²) in [5, 5.41) is 16.7. The van der Waals surface area contributed by atoms with Crippen molar-refractivity contribution < 1.29 is 8.84 Å². The van der Waals surface area contributed by atoms with Gasteiger partial charge in [-0.05, 0) is 67.5 Å². The molecule has 0 radical (unpaired) electrons. The standard InChI is InChI=1S/C18H25N4O2/c1-11-3-5-13(6-4-11)17-21-22-18(24-17)15-9-7-14(8-10-15)16-20-19-12(2)23-16/h11,13-15H,2-10H2,1H3/q+1. The van der Waals surface area contributed by atoms with Crippen molar-refractivity contribution in [2.75, 3.05) is 0 Å². The van der Waals surface area contributed by atoms with Gasteiger partial charge in [-0.25, -0.2) is 0 Å². The van der Waals surface area contributed by atoms with Gasteiger partial charge in [-0.15, -0.1) is 10.2 Å². The number of carbonyl (C=O) groups excluding carboxylic acids is 1. The predicted molar refractivity (Wildman–Crippen MR) is 88.4 cm³/mol. The lowest BCUT2D eigenvalue weighted by atomic mass is 9.81. The summed E-state index contributed by atoms with van der Waals surface area (Å²) in [6.45, 7) is 6.01. The summed E-state index contributed by atoms with van der Waals surface area (Å²) in [6.07, 6.45) is 9.00. The Morgan fingerprint density at radius 1 is 0.833 bits per heavy atom. The maximum absolute atomic E-state index is 6.06. The molecular formula is C18H25N4O2+. The highest BCUT2D eigenvalue weighted by Crippen LogP contribution is 2.39. The van der Waals surface area contributed by atoms with E-state index in [0.29, 0.717) is 23.6 Å². The first-order valence-electron chi connectivity index (χ1n) is 9.17. The van der Waals surface area contributed by atoms with Gasteiger partial charge in [0.15, 0.2) is 0 Å². The summed E-state index contributed by atoms with van der Waals surface area (Å²) in [6, 6.07) is 0. The summed E-state index contributed by atoms with van der Waals surface area (Å²) in [4.78, 5) is 0. The molecule has 0 N–H and O–H groups in total. The highest BCUT2D eigenvalue weighted by molar-refractivity contribution is 5.80. The van der Waals surface area contributed by atoms with Crippen LogP contribution in [-0.2, 0) is 4.42 Å². The van der Waals surface area contributed by atoms with Gasteiger partial charge in [0.1, 0.15) is 0 Å². The normalized spacial score (nSPS) is 33.7. The van der Waals surface area contributed by atoms with E-state index in [0.717, 1.165) is 49.3 Å². The Kier molecular flexibility index (Phi) is 4.29. The monoisotopic (exact) mass is 329 g/mol. The molecule has 0 spiro atoms. The van der Waals surface area contributed by atoms with E-state index in [9.17, 15) is 0 Å². The summed E-state index contributed by atoms with van der Waals surface area (Å²) in [5.74, 6) is 4.81. The van der Waals surface area contributed by atoms with Crippen LogP contribution < -0.4 is 0 Å². The molecule has 3 aliphatic rings. The van der Waals surface area contributed by atoms with Crippen LogP contribution in [0.15, 0.2) is 27.1 Å². The molecule has 0 amide bonds. The minimum atomic E-state index is 0.339. The van der Waals surface area contributed by atoms with Crippen LogP contribution in [0.5, 0.6) is 0 Å². The van der Waals surface area contributed by atoms with Crippen LogP contribution in [0.3, 0.4) is 0 Å². The van der Waals surface area contributed by atoms with Gasteiger partial charge in [-0.3, -0.25) is 0 Å². The zero-order valence-corrected chi connectivity index (χ0v) is 14.3. The van der Waals surface area contributed by atoms with Crippen LogP contribution in [0.2, 0.25) is 0 Å². The molecule has 0 saturated heterocycles. The molecule has 4 rings (SSSR count). The molecule has 24 heavy (non-hydrogen) atoms. The van der Waals surface area contributed by atoms with Crippen molar-refractivity contribution in [2.45, 2.75) is 70.1 Å². The predicted octanol–water partition coefficient (Wildman–Crippen LogP) is 4.64. The number of hydrogen-bond acceptors (Lipinski definition) is 5. The molecule has 6 heteroatoms. The topological polar surface area (TPSA) is 74.9 Å². The van der Waals surface area contributed by atoms with Crippen molar-refractivity contribution in [1.82, 2.24) is 10.2 Å². The SMILES string of the molecule is C=C1N=NC(C2CCC(c3nnc(C4CCC(C)CC4)o3)CC2)=[O+]1. The lowest BCUT2D eigenvalue weighted by molar-refractivity contribution is -0.395. The number of nitrogens with zero attached hydrogens (tertiary/aromatic N) is 4. The molecule has 0 atom stereocenters. The second-order valence-electron chi connectivity index (χ2n) is 7.52. The summed E-state index contributed by atoms with van der Waals surface area (Å²) >= 11 is 0. The van der Waals surface area contributed by atoms with Crippen molar-refractivity contribution in [2.24, 2.45) is 22.1 Å². The van der Waals surface area contributed by atoms with Gasteiger partial charge in [0.05, 0.1) is 5.92 Å². The molecule has 0 unspecified atom stereocenters. The number of rotatable bonds is 3. The molecule has 2 heterocycles. The molecule has 128 valence electrons. The third-order valence-corrected chi connectivity index (χ3v) is 5.73. The molecule has 2 aliphatic carbocycles. The highest BCUT2D eigenvalue weighted by Gasteiger charge is 2.37. The summed E-state index contributed by atoms with van der Waals surface area (Å²) < 4.78 is 11.5. The van der Waals surface area contributed by atoms with E-state index in [1.807, 2.05) is 0 Å². The minimum absolute atomic E-state index is 0.339. The summed E-state index contributed by atoms with van der Waals surface area (Å²) in [7, 11) is 0. The molecule has 2 saturated carbocycles.